The number of carbonyl (C=O) groups excluding carboxylic acids is 3. The molecule has 2 rings (SSSR count). The van der Waals surface area contributed by atoms with Crippen molar-refractivity contribution in [2.75, 3.05) is 18.5 Å². The van der Waals surface area contributed by atoms with Crippen LogP contribution in [0.4, 0.5) is 10.6 Å². The van der Waals surface area contributed by atoms with E-state index in [9.17, 15) is 14.4 Å². The number of rotatable bonds is 5. The van der Waals surface area contributed by atoms with E-state index in [2.05, 4.69) is 10.4 Å². The third-order valence-electron chi connectivity index (χ3n) is 3.97. The van der Waals surface area contributed by atoms with Gasteiger partial charge < -0.3 is 19.7 Å². The van der Waals surface area contributed by atoms with Crippen molar-refractivity contribution in [3.05, 3.63) is 11.3 Å². The Balaban J connectivity index is 2.04. The number of ether oxygens (including phenoxy) is 2. The lowest BCUT2D eigenvalue weighted by Gasteiger charge is -2.29. The number of carbonyl (C=O) groups is 3. The van der Waals surface area contributed by atoms with Gasteiger partial charge in [0.15, 0.2) is 0 Å². The Kier molecular flexibility index (Phi) is 6.45. The molecule has 1 aliphatic heterocycles. The first-order valence-corrected chi connectivity index (χ1v) is 9.09. The second kappa shape index (κ2) is 8.41. The Bertz CT molecular complexity index is 720. The molecule has 27 heavy (non-hydrogen) atoms. The summed E-state index contributed by atoms with van der Waals surface area (Å²) in [7, 11) is 1.73. The number of anilines is 1. The van der Waals surface area contributed by atoms with Gasteiger partial charge in [0.05, 0.1) is 25.3 Å². The third kappa shape index (κ3) is 5.70. The van der Waals surface area contributed by atoms with Crippen molar-refractivity contribution in [2.24, 2.45) is 7.05 Å². The van der Waals surface area contributed by atoms with Crippen molar-refractivity contribution < 1.29 is 23.9 Å². The van der Waals surface area contributed by atoms with Gasteiger partial charge in [0.2, 0.25) is 5.91 Å². The number of hydrogen-bond donors (Lipinski definition) is 1. The van der Waals surface area contributed by atoms with Crippen LogP contribution in [0.3, 0.4) is 0 Å². The zero-order valence-electron chi connectivity index (χ0n) is 16.6. The summed E-state index contributed by atoms with van der Waals surface area (Å²) < 4.78 is 11.8. The van der Waals surface area contributed by atoms with Crippen molar-refractivity contribution in [1.82, 2.24) is 14.7 Å². The second-order valence-corrected chi connectivity index (χ2v) is 7.40. The number of nitrogens with zero attached hydrogens (tertiary/aromatic N) is 3. The first-order valence-electron chi connectivity index (χ1n) is 9.09. The fourth-order valence-electron chi connectivity index (χ4n) is 2.78. The Hall–Kier alpha value is -2.58. The van der Waals surface area contributed by atoms with E-state index < -0.39 is 17.7 Å². The Labute approximate surface area is 159 Å². The summed E-state index contributed by atoms with van der Waals surface area (Å²) in [5.41, 5.74) is 1.06. The summed E-state index contributed by atoms with van der Waals surface area (Å²) >= 11 is 0. The predicted octanol–water partition coefficient (Wildman–Crippen LogP) is 2.00. The predicted molar refractivity (Wildman–Crippen MR) is 98.1 cm³/mol. The van der Waals surface area contributed by atoms with Gasteiger partial charge in [0.1, 0.15) is 11.4 Å². The summed E-state index contributed by atoms with van der Waals surface area (Å²) in [6.07, 6.45) is 0.232. The molecule has 0 aliphatic carbocycles. The van der Waals surface area contributed by atoms with Gasteiger partial charge in [-0.05, 0) is 27.7 Å². The van der Waals surface area contributed by atoms with Crippen LogP contribution in [0.1, 0.15) is 51.8 Å². The van der Waals surface area contributed by atoms with Gasteiger partial charge in [-0.3, -0.25) is 14.3 Å². The molecule has 2 heterocycles. The molecule has 0 fully saturated rings. The minimum atomic E-state index is -0.573. The zero-order chi connectivity index (χ0) is 20.2. The van der Waals surface area contributed by atoms with Gasteiger partial charge in [0, 0.05) is 32.0 Å². The Morgan fingerprint density at radius 1 is 1.22 bits per heavy atom. The van der Waals surface area contributed by atoms with Crippen molar-refractivity contribution in [3.8, 4) is 0 Å². The van der Waals surface area contributed by atoms with Crippen LogP contribution in [0.25, 0.3) is 0 Å². The van der Waals surface area contributed by atoms with Crippen LogP contribution in [-0.4, -0.2) is 51.4 Å². The lowest BCUT2D eigenvalue weighted by molar-refractivity contribution is -0.144. The van der Waals surface area contributed by atoms with Crippen molar-refractivity contribution in [2.45, 2.75) is 59.1 Å². The maximum Gasteiger partial charge on any atom is 0.410 e. The molecule has 0 atom stereocenters. The molecule has 0 spiro atoms. The normalized spacial score (nSPS) is 13.7. The first kappa shape index (κ1) is 20.7. The van der Waals surface area contributed by atoms with Crippen molar-refractivity contribution in [1.29, 1.82) is 0 Å². The first-order chi connectivity index (χ1) is 12.6. The minimum Gasteiger partial charge on any atom is -0.466 e. The van der Waals surface area contributed by atoms with Crippen LogP contribution in [0.5, 0.6) is 0 Å². The zero-order valence-corrected chi connectivity index (χ0v) is 16.6. The van der Waals surface area contributed by atoms with Crippen LogP contribution in [0, 0.1) is 0 Å². The number of esters is 1. The molecule has 0 radical (unpaired) electrons. The Morgan fingerprint density at radius 3 is 2.56 bits per heavy atom. The molecule has 2 amide bonds. The smallest absolute Gasteiger partial charge is 0.410 e. The molecule has 0 aromatic carbocycles. The highest BCUT2D eigenvalue weighted by Gasteiger charge is 2.30. The van der Waals surface area contributed by atoms with Crippen LogP contribution in [0.15, 0.2) is 0 Å². The van der Waals surface area contributed by atoms with Gasteiger partial charge in [-0.25, -0.2) is 4.79 Å². The van der Waals surface area contributed by atoms with Gasteiger partial charge in [-0.15, -0.1) is 0 Å². The molecule has 1 N–H and O–H groups in total. The number of fused-ring (bicyclic) bond motifs is 1. The molecule has 9 heteroatoms. The van der Waals surface area contributed by atoms with E-state index in [4.69, 9.17) is 9.47 Å². The monoisotopic (exact) mass is 380 g/mol. The van der Waals surface area contributed by atoms with Crippen molar-refractivity contribution in [3.63, 3.8) is 0 Å². The van der Waals surface area contributed by atoms with Crippen LogP contribution in [-0.2, 0) is 39.1 Å². The SMILES string of the molecule is CCOC(=O)CCC(=O)Nc1c2c(nn1C)CCN(C(=O)OC(C)(C)C)C2. The van der Waals surface area contributed by atoms with Crippen LogP contribution in [0.2, 0.25) is 0 Å². The molecular weight excluding hydrogens is 352 g/mol. The molecule has 0 saturated carbocycles. The standard InChI is InChI=1S/C18H28N4O5/c1-6-26-15(24)8-7-14(23)19-16-12-11-22(17(25)27-18(2,3)4)10-9-13(12)20-21(16)5/h6-11H2,1-5H3,(H,19,23). The molecule has 0 saturated heterocycles. The van der Waals surface area contributed by atoms with E-state index in [-0.39, 0.29) is 25.4 Å². The molecule has 1 aromatic heterocycles. The van der Waals surface area contributed by atoms with Gasteiger partial charge >= 0.3 is 12.1 Å². The molecular formula is C18H28N4O5. The van der Waals surface area contributed by atoms with E-state index in [0.717, 1.165) is 11.3 Å². The molecule has 0 bridgehead atoms. The molecule has 1 aromatic rings. The van der Waals surface area contributed by atoms with Crippen molar-refractivity contribution >= 4 is 23.8 Å². The summed E-state index contributed by atoms with van der Waals surface area (Å²) in [5, 5.41) is 7.23. The van der Waals surface area contributed by atoms with Gasteiger partial charge in [-0.1, -0.05) is 0 Å². The number of nitrogens with one attached hydrogen (secondary N) is 1. The molecule has 9 nitrogen and oxygen atoms in total. The molecule has 0 unspecified atom stereocenters. The minimum absolute atomic E-state index is 0.0176. The third-order valence-corrected chi connectivity index (χ3v) is 3.97. The van der Waals surface area contributed by atoms with Crippen LogP contribution < -0.4 is 5.32 Å². The van der Waals surface area contributed by atoms with Crippen LogP contribution >= 0.6 is 0 Å². The maximum absolute atomic E-state index is 12.3. The van der Waals surface area contributed by atoms with E-state index in [1.54, 1.807) is 23.6 Å². The van der Waals surface area contributed by atoms with E-state index in [1.807, 2.05) is 20.8 Å². The highest BCUT2D eigenvalue weighted by molar-refractivity contribution is 5.92. The summed E-state index contributed by atoms with van der Waals surface area (Å²) in [4.78, 5) is 37.5. The second-order valence-electron chi connectivity index (χ2n) is 7.40. The van der Waals surface area contributed by atoms with Gasteiger partial charge in [0.25, 0.3) is 0 Å². The highest BCUT2D eigenvalue weighted by Crippen LogP contribution is 2.27. The fourth-order valence-corrected chi connectivity index (χ4v) is 2.78. The number of hydrogen-bond acceptors (Lipinski definition) is 6. The lowest BCUT2D eigenvalue weighted by atomic mass is 10.1. The fraction of sp³-hybridized carbons (Fsp3) is 0.667. The maximum atomic E-state index is 12.3. The van der Waals surface area contributed by atoms with E-state index in [0.29, 0.717) is 25.3 Å². The lowest BCUT2D eigenvalue weighted by Crippen LogP contribution is -2.40. The van der Waals surface area contributed by atoms with E-state index >= 15 is 0 Å². The quantitative estimate of drug-likeness (QED) is 0.784. The number of aromatic nitrogens is 2. The summed E-state index contributed by atoms with van der Waals surface area (Å²) in [5.74, 6) is -0.175. The summed E-state index contributed by atoms with van der Waals surface area (Å²) in [6, 6.07) is 0. The van der Waals surface area contributed by atoms with E-state index in [1.165, 1.54) is 0 Å². The summed E-state index contributed by atoms with van der Waals surface area (Å²) in [6.45, 7) is 8.28. The highest BCUT2D eigenvalue weighted by atomic mass is 16.6. The molecule has 1 aliphatic rings. The topological polar surface area (TPSA) is 103 Å². The average Bonchev–Trinajstić information content (AvgIpc) is 2.87. The average molecular weight is 380 g/mol. The molecule has 150 valence electrons. The van der Waals surface area contributed by atoms with Gasteiger partial charge in [-0.2, -0.15) is 5.10 Å². The number of aryl methyl sites for hydroxylation is 1. The largest absolute Gasteiger partial charge is 0.466 e. The Morgan fingerprint density at radius 2 is 1.93 bits per heavy atom. The number of amides is 2.